The normalized spacial score (nSPS) is 41.2. The molecule has 0 aliphatic carbocycles. The summed E-state index contributed by atoms with van der Waals surface area (Å²) in [6.45, 7) is 3.16. The molecule has 0 amide bonds. The van der Waals surface area contributed by atoms with Gasteiger partial charge in [-0.2, -0.15) is 12.6 Å². The molecule has 15 saturated heterocycles. The molecule has 15 aliphatic heterocycles. The first-order valence-corrected chi connectivity index (χ1v) is 30.4. The van der Waals surface area contributed by atoms with Crippen molar-refractivity contribution in [2.45, 2.75) is 256 Å². The number of thiol groups is 1. The topological polar surface area (TPSA) is 448 Å². The molecule has 15 heterocycles. The molecule has 504 valence electrons. The number of nitrogens with zero attached hydrogens (tertiary/aromatic N) is 6. The molecule has 15 aliphatic rings. The third kappa shape index (κ3) is 24.9. The Hall–Kier alpha value is -0.180. The zero-order chi connectivity index (χ0) is 58.3. The third-order valence-electron chi connectivity index (χ3n) is 16.4. The van der Waals surface area contributed by atoms with Gasteiger partial charge in [0.2, 0.25) is 0 Å². The van der Waals surface area contributed by atoms with Crippen molar-refractivity contribution in [3.63, 3.8) is 0 Å². The monoisotopic (exact) mass is 1390 g/mol. The van der Waals surface area contributed by atoms with E-state index in [1.165, 1.54) is 4.91 Å². The predicted octanol–water partition coefficient (Wildman–Crippen LogP) is 0.926. The molecule has 10 bridgehead atoms. The van der Waals surface area contributed by atoms with Gasteiger partial charge in [0.1, 0.15) is 30.5 Å². The summed E-state index contributed by atoms with van der Waals surface area (Å²) in [5.41, 5.74) is 27.4. The van der Waals surface area contributed by atoms with Gasteiger partial charge in [-0.25, -0.2) is 0 Å². The van der Waals surface area contributed by atoms with Crippen LogP contribution in [0, 0.1) is 29.6 Å². The van der Waals surface area contributed by atoms with Gasteiger partial charge in [0.25, 0.3) is 0 Å². The summed E-state index contributed by atoms with van der Waals surface area (Å²) < 4.78 is 55.5. The van der Waals surface area contributed by atoms with E-state index in [9.17, 15) is 51.1 Å². The van der Waals surface area contributed by atoms with Crippen LogP contribution in [0.3, 0.4) is 0 Å². The second-order valence-corrected chi connectivity index (χ2v) is 22.8. The number of rotatable bonds is 6. The van der Waals surface area contributed by atoms with Crippen molar-refractivity contribution in [3.8, 4) is 0 Å². The molecule has 15 rings (SSSR count). The van der Waals surface area contributed by atoms with Crippen molar-refractivity contribution >= 4 is 35.2 Å². The van der Waals surface area contributed by atoms with Gasteiger partial charge in [-0.05, 0) is 69.7 Å². The average Bonchev–Trinajstić information content (AvgIpc) is 2.29. The fraction of sp³-hybridized carbons (Fsp3) is 1.00. The fourth-order valence-electron chi connectivity index (χ4n) is 11.9. The summed E-state index contributed by atoms with van der Waals surface area (Å²) >= 11 is 6.46. The summed E-state index contributed by atoms with van der Waals surface area (Å²) in [6, 6.07) is 0. The van der Waals surface area contributed by atoms with Crippen molar-refractivity contribution in [1.29, 1.82) is 0 Å². The second kappa shape index (κ2) is 46.8. The molecule has 28 nitrogen and oxygen atoms in total. The molecule has 0 saturated carbocycles. The zero-order valence-corrected chi connectivity index (χ0v) is 51.3. The summed E-state index contributed by atoms with van der Waals surface area (Å²) in [5.74, 6) is 0.124. The summed E-state index contributed by atoms with van der Waals surface area (Å²) in [7, 11) is 0. The Morgan fingerprint density at radius 2 is 0.674 bits per heavy atom. The predicted molar refractivity (Wildman–Crippen MR) is 326 cm³/mol. The molecule has 0 aromatic carbocycles. The van der Waals surface area contributed by atoms with Crippen LogP contribution in [-0.2, 0) is 47.4 Å². The molecule has 13 N–H and O–H groups in total. The number of alkyl halides is 1. The Balaban J connectivity index is 0. The molecule has 25 atom stereocenters. The number of nitrogens with two attached hydrogens (primary N) is 1. The Labute approximate surface area is 551 Å². The van der Waals surface area contributed by atoms with Crippen LogP contribution in [0.2, 0.25) is 0 Å². The van der Waals surface area contributed by atoms with E-state index < -0.39 is 98.6 Å². The average molecular weight is 1390 g/mol. The first kappa shape index (κ1) is 87.9. The van der Waals surface area contributed by atoms with E-state index in [4.69, 9.17) is 74.8 Å². The van der Waals surface area contributed by atoms with Crippen LogP contribution >= 0.6 is 35.2 Å². The van der Waals surface area contributed by atoms with Crippen LogP contribution in [0.25, 0.3) is 26.4 Å². The minimum atomic E-state index is -1.03. The Kier molecular flexibility index (Phi) is 47.8. The number of hydrogen-bond donors (Lipinski definition) is 13. The van der Waals surface area contributed by atoms with Gasteiger partial charge in [-0.1, -0.05) is 96.9 Å². The molecule has 86 heavy (non-hydrogen) atoms. The maximum Gasteiger partial charge on any atom is 1.00 e. The molecular formula is C55H109IN7NaO21S. The molecule has 31 heteroatoms. The molecule has 15 fully saturated rings. The number of ether oxygens (including phenoxy) is 10. The minimum Gasteiger partial charge on any atom is -0.394 e. The van der Waals surface area contributed by atoms with Crippen LogP contribution in [0.1, 0.15) is 133 Å². The number of fused-ring (bicyclic) bond motifs is 30. The van der Waals surface area contributed by atoms with Crippen molar-refractivity contribution in [3.05, 3.63) is 26.4 Å². The van der Waals surface area contributed by atoms with Gasteiger partial charge in [0.15, 0.2) is 31.5 Å². The molecule has 0 aromatic rings. The Bertz CT molecular complexity index is 1630. The first-order chi connectivity index (χ1) is 38.6. The Morgan fingerprint density at radius 1 is 0.419 bits per heavy atom. The van der Waals surface area contributed by atoms with Crippen LogP contribution in [0.4, 0.5) is 0 Å². The van der Waals surface area contributed by atoms with Crippen LogP contribution < -0.4 is 35.3 Å². The maximum absolute atomic E-state index is 10.0. The third-order valence-corrected chi connectivity index (χ3v) is 17.6. The molecule has 0 aromatic heterocycles. The van der Waals surface area contributed by atoms with Crippen molar-refractivity contribution in [2.75, 3.05) is 62.9 Å². The van der Waals surface area contributed by atoms with Crippen molar-refractivity contribution < 1.29 is 133 Å². The van der Waals surface area contributed by atoms with E-state index in [0.717, 1.165) is 101 Å². The molecular weight excluding hydrogens is 1280 g/mol. The summed E-state index contributed by atoms with van der Waals surface area (Å²) in [5, 5.41) is 111. The number of hydrogen-bond acceptors (Lipinski definition) is 24. The summed E-state index contributed by atoms with van der Waals surface area (Å²) in [6.07, 6.45) is -0.0440. The quantitative estimate of drug-likeness (QED) is 0.0334. The standard InChI is InChI=1S/C10H17IO4.C10H17N3O4.C10H19NO4.C10H18O5.C10H18O4S.5CH4.N3.Na/c11-5-7-6-3-1-2-4-14-10(15-7)9(13)8(6)12;11-13-12-5-7-6-3-1-2-4-16-10(17-7)9(15)8(6)14;2*11-5-7-6-3-1-2-4-14-10(15-7)9(13)8(6)12;11-8-6-3-1-2-4-13-10(9(8)12)14-7(6)5-15;;;;;;1-3-2;/h6-10,12-13H,1-5H2;6-10,14-15H,1-5H2;6-10,12-13H,1-5,11H2;6-13H,1-5H2;6-12,15H,1-5H2;5*1H4;;/q;;;;;;;;;;-1;+1. The Morgan fingerprint density at radius 3 is 0.965 bits per heavy atom. The first-order valence-electron chi connectivity index (χ1n) is 28.2. The van der Waals surface area contributed by atoms with E-state index in [-0.39, 0.29) is 134 Å². The molecule has 25 unspecified atom stereocenters. The van der Waals surface area contributed by atoms with Gasteiger partial charge < -0.3 is 120 Å². The van der Waals surface area contributed by atoms with E-state index in [1.54, 1.807) is 0 Å². The van der Waals surface area contributed by atoms with Gasteiger partial charge in [0.05, 0.1) is 74.2 Å². The molecule has 0 spiro atoms. The smallest absolute Gasteiger partial charge is 0.394 e. The van der Waals surface area contributed by atoms with Crippen LogP contribution in [0.15, 0.2) is 5.11 Å². The fourth-order valence-corrected chi connectivity index (χ4v) is 13.1. The van der Waals surface area contributed by atoms with Crippen LogP contribution in [-0.4, -0.2) is 242 Å². The number of aliphatic hydroxyl groups is 11. The van der Waals surface area contributed by atoms with Gasteiger partial charge in [-0.15, -0.1) is 0 Å². The van der Waals surface area contributed by atoms with Crippen LogP contribution in [0.5, 0.6) is 0 Å². The van der Waals surface area contributed by atoms with Gasteiger partial charge >= 0.3 is 29.6 Å². The van der Waals surface area contributed by atoms with E-state index in [0.29, 0.717) is 45.3 Å². The molecule has 0 radical (unpaired) electrons. The van der Waals surface area contributed by atoms with Crippen molar-refractivity contribution in [2.24, 2.45) is 40.4 Å². The maximum atomic E-state index is 10.0. The van der Waals surface area contributed by atoms with E-state index >= 15 is 0 Å². The van der Waals surface area contributed by atoms with E-state index in [2.05, 4.69) is 45.2 Å². The van der Waals surface area contributed by atoms with Gasteiger partial charge in [0, 0.05) is 84.3 Å². The number of aliphatic hydroxyl groups excluding tert-OH is 11. The summed E-state index contributed by atoms with van der Waals surface area (Å²) in [4.78, 5) is 4.19. The second-order valence-electron chi connectivity index (χ2n) is 21.5. The zero-order valence-electron chi connectivity index (χ0n) is 46.2. The largest absolute Gasteiger partial charge is 1.00 e. The van der Waals surface area contributed by atoms with Crippen molar-refractivity contribution in [1.82, 2.24) is 0 Å². The SMILES string of the molecule is C.C.C.C.C.NCC1OC2OCCCCC1C(O)C2O.OC1C2OCCCCC(C(CI)O2)C1O.OC1C2OCCCCC(C(CS)O2)C1O.OCC1OC2OCCCCC1C(O)C2O.[N-]=[N+]=NCC1OC2OCCCCC1C(O)C2O.[N-]=[N+]=[N-].[Na+]. The number of azide groups is 1. The van der Waals surface area contributed by atoms with Gasteiger partial charge in [-0.3, -0.25) is 4.91 Å². The minimum absolute atomic E-state index is 0. The number of halogens is 1. The van der Waals surface area contributed by atoms with E-state index in [1.807, 2.05) is 0 Å².